The maximum atomic E-state index is 3.57. The molecule has 0 bridgehead atoms. The first kappa shape index (κ1) is 13.1. The van der Waals surface area contributed by atoms with Crippen molar-refractivity contribution >= 4 is 0 Å². The SMILES string of the molecule is CC1CN(C2CNCc3ccccc32)CC1N(C)C. The molecule has 3 heteroatoms. The first-order chi connectivity index (χ1) is 9.16. The number of benzene rings is 1. The van der Waals surface area contributed by atoms with Crippen LogP contribution in [0.4, 0.5) is 0 Å². The summed E-state index contributed by atoms with van der Waals surface area (Å²) in [6, 6.07) is 10.1. The van der Waals surface area contributed by atoms with Gasteiger partial charge >= 0.3 is 0 Å². The van der Waals surface area contributed by atoms with E-state index in [1.54, 1.807) is 0 Å². The molecule has 3 rings (SSSR count). The highest BCUT2D eigenvalue weighted by Crippen LogP contribution is 2.32. The predicted molar refractivity (Wildman–Crippen MR) is 79.1 cm³/mol. The fraction of sp³-hybridized carbons (Fsp3) is 0.625. The molecule has 19 heavy (non-hydrogen) atoms. The highest BCUT2D eigenvalue weighted by atomic mass is 15.3. The van der Waals surface area contributed by atoms with Gasteiger partial charge in [0.05, 0.1) is 0 Å². The van der Waals surface area contributed by atoms with Gasteiger partial charge in [-0.15, -0.1) is 0 Å². The van der Waals surface area contributed by atoms with Crippen LogP contribution in [0.25, 0.3) is 0 Å². The van der Waals surface area contributed by atoms with Crippen molar-refractivity contribution in [3.63, 3.8) is 0 Å². The summed E-state index contributed by atoms with van der Waals surface area (Å²) < 4.78 is 0. The summed E-state index contributed by atoms with van der Waals surface area (Å²) in [5, 5.41) is 3.57. The number of likely N-dealkylation sites (tertiary alicyclic amines) is 1. The maximum absolute atomic E-state index is 3.57. The van der Waals surface area contributed by atoms with Crippen LogP contribution in [0.5, 0.6) is 0 Å². The Bertz CT molecular complexity index is 443. The van der Waals surface area contributed by atoms with E-state index in [9.17, 15) is 0 Å². The number of rotatable bonds is 2. The third-order valence-electron chi connectivity index (χ3n) is 4.77. The zero-order valence-corrected chi connectivity index (χ0v) is 12.3. The van der Waals surface area contributed by atoms with E-state index in [0.717, 1.165) is 19.0 Å². The summed E-state index contributed by atoms with van der Waals surface area (Å²) in [5.74, 6) is 0.754. The van der Waals surface area contributed by atoms with E-state index in [-0.39, 0.29) is 0 Å². The molecular formula is C16H25N3. The number of hydrogen-bond donors (Lipinski definition) is 1. The second kappa shape index (κ2) is 5.23. The van der Waals surface area contributed by atoms with E-state index in [0.29, 0.717) is 12.1 Å². The number of likely N-dealkylation sites (N-methyl/N-ethyl adjacent to an activating group) is 1. The molecule has 2 aliphatic rings. The quantitative estimate of drug-likeness (QED) is 0.872. The number of fused-ring (bicyclic) bond motifs is 1. The molecule has 104 valence electrons. The molecule has 1 aromatic rings. The minimum atomic E-state index is 0.553. The molecule has 0 saturated carbocycles. The second-order valence-corrected chi connectivity index (χ2v) is 6.31. The topological polar surface area (TPSA) is 18.5 Å². The van der Waals surface area contributed by atoms with Gasteiger partial charge in [-0.25, -0.2) is 0 Å². The Morgan fingerprint density at radius 2 is 2.00 bits per heavy atom. The van der Waals surface area contributed by atoms with Crippen molar-refractivity contribution in [2.24, 2.45) is 5.92 Å². The molecule has 0 aromatic heterocycles. The van der Waals surface area contributed by atoms with Crippen molar-refractivity contribution in [2.45, 2.75) is 25.6 Å². The molecular weight excluding hydrogens is 234 g/mol. The third kappa shape index (κ3) is 2.42. The lowest BCUT2D eigenvalue weighted by atomic mass is 9.96. The molecule has 1 fully saturated rings. The van der Waals surface area contributed by atoms with Crippen molar-refractivity contribution in [2.75, 3.05) is 33.7 Å². The highest BCUT2D eigenvalue weighted by Gasteiger charge is 2.36. The van der Waals surface area contributed by atoms with Crippen LogP contribution < -0.4 is 5.32 Å². The first-order valence-electron chi connectivity index (χ1n) is 7.36. The van der Waals surface area contributed by atoms with Crippen LogP contribution in [0.15, 0.2) is 24.3 Å². The molecule has 3 unspecified atom stereocenters. The van der Waals surface area contributed by atoms with Gasteiger partial charge in [-0.2, -0.15) is 0 Å². The molecule has 0 spiro atoms. The van der Waals surface area contributed by atoms with E-state index in [2.05, 4.69) is 60.4 Å². The monoisotopic (exact) mass is 259 g/mol. The van der Waals surface area contributed by atoms with Gasteiger partial charge in [-0.05, 0) is 31.1 Å². The van der Waals surface area contributed by atoms with E-state index >= 15 is 0 Å². The van der Waals surface area contributed by atoms with Crippen molar-refractivity contribution in [3.05, 3.63) is 35.4 Å². The van der Waals surface area contributed by atoms with Crippen LogP contribution >= 0.6 is 0 Å². The summed E-state index contributed by atoms with van der Waals surface area (Å²) in [4.78, 5) is 5.05. The molecule has 0 aliphatic carbocycles. The Kier molecular flexibility index (Phi) is 3.61. The van der Waals surface area contributed by atoms with Gasteiger partial charge < -0.3 is 10.2 Å². The van der Waals surface area contributed by atoms with Crippen molar-refractivity contribution in [3.8, 4) is 0 Å². The molecule has 1 N–H and O–H groups in total. The van der Waals surface area contributed by atoms with Crippen LogP contribution in [0, 0.1) is 5.92 Å². The normalized spacial score (nSPS) is 31.7. The van der Waals surface area contributed by atoms with Crippen LogP contribution in [0.1, 0.15) is 24.1 Å². The summed E-state index contributed by atoms with van der Waals surface area (Å²) in [5.41, 5.74) is 3.01. The average Bonchev–Trinajstić information content (AvgIpc) is 2.80. The standard InChI is InChI=1S/C16H25N3/c1-12-10-19(11-16(12)18(2)3)15-9-17-8-13-6-4-5-7-14(13)15/h4-7,12,15-17H,8-11H2,1-3H3. The minimum Gasteiger partial charge on any atom is -0.311 e. The molecule has 1 aromatic carbocycles. The zero-order valence-electron chi connectivity index (χ0n) is 12.3. The van der Waals surface area contributed by atoms with Crippen LogP contribution in [-0.4, -0.2) is 49.6 Å². The van der Waals surface area contributed by atoms with Crippen molar-refractivity contribution in [1.29, 1.82) is 0 Å². The summed E-state index contributed by atoms with van der Waals surface area (Å²) in [6.45, 7) is 6.89. The zero-order chi connectivity index (χ0) is 13.4. The van der Waals surface area contributed by atoms with Crippen LogP contribution in [0.2, 0.25) is 0 Å². The first-order valence-corrected chi connectivity index (χ1v) is 7.36. The van der Waals surface area contributed by atoms with E-state index in [4.69, 9.17) is 0 Å². The highest BCUT2D eigenvalue weighted by molar-refractivity contribution is 5.32. The lowest BCUT2D eigenvalue weighted by Gasteiger charge is -2.34. The van der Waals surface area contributed by atoms with Gasteiger partial charge in [0.1, 0.15) is 0 Å². The van der Waals surface area contributed by atoms with Gasteiger partial charge in [-0.1, -0.05) is 31.2 Å². The third-order valence-corrected chi connectivity index (χ3v) is 4.77. The molecule has 3 nitrogen and oxygen atoms in total. The Balaban J connectivity index is 1.81. The fourth-order valence-corrected chi connectivity index (χ4v) is 3.71. The van der Waals surface area contributed by atoms with Gasteiger partial charge in [0.2, 0.25) is 0 Å². The van der Waals surface area contributed by atoms with E-state index in [1.165, 1.54) is 24.2 Å². The van der Waals surface area contributed by atoms with Crippen molar-refractivity contribution in [1.82, 2.24) is 15.1 Å². The molecule has 0 radical (unpaired) electrons. The average molecular weight is 259 g/mol. The van der Waals surface area contributed by atoms with Crippen LogP contribution in [0.3, 0.4) is 0 Å². The van der Waals surface area contributed by atoms with Gasteiger partial charge in [0, 0.05) is 38.3 Å². The van der Waals surface area contributed by atoms with Crippen LogP contribution in [-0.2, 0) is 6.54 Å². The summed E-state index contributed by atoms with van der Waals surface area (Å²) in [7, 11) is 4.41. The lowest BCUT2D eigenvalue weighted by molar-refractivity contribution is 0.205. The molecule has 0 amide bonds. The Hall–Kier alpha value is -0.900. The number of hydrogen-bond acceptors (Lipinski definition) is 3. The molecule has 1 saturated heterocycles. The largest absolute Gasteiger partial charge is 0.311 e. The Morgan fingerprint density at radius 3 is 2.74 bits per heavy atom. The predicted octanol–water partition coefficient (Wildman–Crippen LogP) is 1.71. The summed E-state index contributed by atoms with van der Waals surface area (Å²) >= 11 is 0. The molecule has 3 atom stereocenters. The van der Waals surface area contributed by atoms with Crippen molar-refractivity contribution < 1.29 is 0 Å². The lowest BCUT2D eigenvalue weighted by Crippen LogP contribution is -2.40. The van der Waals surface area contributed by atoms with E-state index in [1.807, 2.05) is 0 Å². The van der Waals surface area contributed by atoms with Gasteiger partial charge in [0.25, 0.3) is 0 Å². The molecule has 2 heterocycles. The molecule has 2 aliphatic heterocycles. The maximum Gasteiger partial charge on any atom is 0.0476 e. The summed E-state index contributed by atoms with van der Waals surface area (Å²) in [6.07, 6.45) is 0. The second-order valence-electron chi connectivity index (χ2n) is 6.31. The smallest absolute Gasteiger partial charge is 0.0476 e. The van der Waals surface area contributed by atoms with E-state index < -0.39 is 0 Å². The minimum absolute atomic E-state index is 0.553. The Labute approximate surface area is 116 Å². The Morgan fingerprint density at radius 1 is 1.21 bits per heavy atom. The number of nitrogens with zero attached hydrogens (tertiary/aromatic N) is 2. The number of nitrogens with one attached hydrogen (secondary N) is 1. The van der Waals surface area contributed by atoms with Gasteiger partial charge in [-0.3, -0.25) is 4.90 Å². The fourth-order valence-electron chi connectivity index (χ4n) is 3.71. The van der Waals surface area contributed by atoms with Gasteiger partial charge in [0.15, 0.2) is 0 Å².